The van der Waals surface area contributed by atoms with Crippen LogP contribution < -0.4 is 0 Å². The van der Waals surface area contributed by atoms with Crippen LogP contribution in [0, 0.1) is 5.41 Å². The van der Waals surface area contributed by atoms with Gasteiger partial charge in [0.05, 0.1) is 0 Å². The van der Waals surface area contributed by atoms with E-state index >= 15 is 0 Å². The minimum Gasteiger partial charge on any atom is -0.0922 e. The second-order valence-corrected chi connectivity index (χ2v) is 5.20. The van der Waals surface area contributed by atoms with Gasteiger partial charge in [-0.25, -0.2) is 0 Å². The maximum Gasteiger partial charge on any atom is 0.00852 e. The van der Waals surface area contributed by atoms with Crippen molar-refractivity contribution in [3.05, 3.63) is 35.9 Å². The van der Waals surface area contributed by atoms with Crippen LogP contribution in [0.1, 0.15) is 38.7 Å². The first-order valence-corrected chi connectivity index (χ1v) is 6.92. The van der Waals surface area contributed by atoms with Crippen molar-refractivity contribution in [3.63, 3.8) is 0 Å². The minimum atomic E-state index is 0.481. The molecule has 0 saturated heterocycles. The average Bonchev–Trinajstić information content (AvgIpc) is 2.30. The first-order valence-electron chi connectivity index (χ1n) is 5.80. The molecule has 0 fully saturated rings. The molecule has 1 rings (SSSR count). The van der Waals surface area contributed by atoms with E-state index in [0.717, 1.165) is 5.33 Å². The Labute approximate surface area is 102 Å². The molecular formula is C14H21Br. The summed E-state index contributed by atoms with van der Waals surface area (Å²) in [5, 5.41) is 1.12. The van der Waals surface area contributed by atoms with Crippen molar-refractivity contribution in [2.24, 2.45) is 5.41 Å². The van der Waals surface area contributed by atoms with Crippen LogP contribution in [0.15, 0.2) is 30.3 Å². The van der Waals surface area contributed by atoms with E-state index in [-0.39, 0.29) is 0 Å². The van der Waals surface area contributed by atoms with Crippen molar-refractivity contribution in [1.82, 2.24) is 0 Å². The van der Waals surface area contributed by atoms with Gasteiger partial charge in [0.15, 0.2) is 0 Å². The third-order valence-electron chi connectivity index (χ3n) is 3.26. The van der Waals surface area contributed by atoms with Gasteiger partial charge in [0.25, 0.3) is 0 Å². The first kappa shape index (κ1) is 12.8. The molecule has 0 aliphatic rings. The molecule has 84 valence electrons. The van der Waals surface area contributed by atoms with Gasteiger partial charge < -0.3 is 0 Å². The van der Waals surface area contributed by atoms with Crippen molar-refractivity contribution in [2.75, 3.05) is 5.33 Å². The molecule has 0 amide bonds. The third kappa shape index (κ3) is 4.38. The number of hydrogen-bond acceptors (Lipinski definition) is 0. The monoisotopic (exact) mass is 268 g/mol. The highest BCUT2D eigenvalue weighted by molar-refractivity contribution is 9.09. The summed E-state index contributed by atoms with van der Waals surface area (Å²) in [6.07, 6.45) is 5.07. The van der Waals surface area contributed by atoms with Gasteiger partial charge in [0.1, 0.15) is 0 Å². The Morgan fingerprint density at radius 2 is 1.87 bits per heavy atom. The molecule has 1 aromatic rings. The zero-order valence-electron chi connectivity index (χ0n) is 9.80. The van der Waals surface area contributed by atoms with Gasteiger partial charge in [0.2, 0.25) is 0 Å². The number of benzene rings is 1. The van der Waals surface area contributed by atoms with Crippen molar-refractivity contribution in [2.45, 2.75) is 39.5 Å². The van der Waals surface area contributed by atoms with E-state index in [1.165, 1.54) is 31.2 Å². The lowest BCUT2D eigenvalue weighted by molar-refractivity contribution is 0.324. The zero-order chi connectivity index (χ0) is 11.1. The Bertz CT molecular complexity index is 262. The molecule has 1 unspecified atom stereocenters. The van der Waals surface area contributed by atoms with E-state index < -0.39 is 0 Å². The number of aryl methyl sites for hydroxylation is 1. The van der Waals surface area contributed by atoms with E-state index in [1.54, 1.807) is 0 Å². The van der Waals surface area contributed by atoms with E-state index in [1.807, 2.05) is 0 Å². The molecule has 0 aliphatic heterocycles. The van der Waals surface area contributed by atoms with Gasteiger partial charge in [0, 0.05) is 5.33 Å². The minimum absolute atomic E-state index is 0.481. The fourth-order valence-corrected chi connectivity index (χ4v) is 2.38. The maximum atomic E-state index is 3.62. The molecule has 0 aromatic heterocycles. The van der Waals surface area contributed by atoms with E-state index in [4.69, 9.17) is 0 Å². The van der Waals surface area contributed by atoms with Crippen molar-refractivity contribution < 1.29 is 0 Å². The molecule has 0 radical (unpaired) electrons. The second kappa shape index (κ2) is 6.32. The van der Waals surface area contributed by atoms with Gasteiger partial charge in [-0.1, -0.05) is 60.1 Å². The molecule has 1 heteroatoms. The summed E-state index contributed by atoms with van der Waals surface area (Å²) < 4.78 is 0. The van der Waals surface area contributed by atoms with Crippen molar-refractivity contribution in [1.29, 1.82) is 0 Å². The van der Waals surface area contributed by atoms with Gasteiger partial charge >= 0.3 is 0 Å². The Kier molecular flexibility index (Phi) is 5.38. The van der Waals surface area contributed by atoms with Crippen LogP contribution >= 0.6 is 15.9 Å². The fraction of sp³-hybridized carbons (Fsp3) is 0.571. The van der Waals surface area contributed by atoms with Gasteiger partial charge in [-0.05, 0) is 36.7 Å². The molecule has 1 atom stereocenters. The van der Waals surface area contributed by atoms with Crippen LogP contribution in [0.3, 0.4) is 0 Å². The van der Waals surface area contributed by atoms with Crippen molar-refractivity contribution >= 4 is 15.9 Å². The Balaban J connectivity index is 2.33. The molecule has 0 nitrogen and oxygen atoms in total. The number of rotatable bonds is 6. The summed E-state index contributed by atoms with van der Waals surface area (Å²) >= 11 is 3.62. The van der Waals surface area contributed by atoms with E-state index in [9.17, 15) is 0 Å². The molecular weight excluding hydrogens is 248 g/mol. The molecule has 0 aliphatic carbocycles. The fourth-order valence-electron chi connectivity index (χ4n) is 1.70. The van der Waals surface area contributed by atoms with E-state index in [2.05, 4.69) is 60.1 Å². The summed E-state index contributed by atoms with van der Waals surface area (Å²) in [5.41, 5.74) is 1.94. The molecule has 0 heterocycles. The number of halogens is 1. The quantitative estimate of drug-likeness (QED) is 0.649. The first-order chi connectivity index (χ1) is 7.20. The van der Waals surface area contributed by atoms with Crippen LogP contribution in [0.5, 0.6) is 0 Å². The molecule has 1 aromatic carbocycles. The Morgan fingerprint density at radius 1 is 1.20 bits per heavy atom. The van der Waals surface area contributed by atoms with Crippen LogP contribution in [-0.2, 0) is 6.42 Å². The summed E-state index contributed by atoms with van der Waals surface area (Å²) in [7, 11) is 0. The normalized spacial score (nSPS) is 14.9. The van der Waals surface area contributed by atoms with Gasteiger partial charge in [-0.15, -0.1) is 0 Å². The molecule has 0 saturated carbocycles. The Hall–Kier alpha value is -0.300. The highest BCUT2D eigenvalue weighted by Crippen LogP contribution is 2.30. The number of hydrogen-bond donors (Lipinski definition) is 0. The SMILES string of the molecule is CCC(C)(CBr)CCCc1ccccc1. The summed E-state index contributed by atoms with van der Waals surface area (Å²) in [6, 6.07) is 10.8. The predicted molar refractivity (Wildman–Crippen MR) is 71.6 cm³/mol. The predicted octanol–water partition coefficient (Wildman–Crippen LogP) is 4.82. The summed E-state index contributed by atoms with van der Waals surface area (Å²) in [5.74, 6) is 0. The lowest BCUT2D eigenvalue weighted by Gasteiger charge is -2.25. The average molecular weight is 269 g/mol. The van der Waals surface area contributed by atoms with Crippen LogP contribution in [0.4, 0.5) is 0 Å². The highest BCUT2D eigenvalue weighted by Gasteiger charge is 2.19. The maximum absolute atomic E-state index is 3.62. The van der Waals surface area contributed by atoms with Gasteiger partial charge in [-0.2, -0.15) is 0 Å². The topological polar surface area (TPSA) is 0 Å². The highest BCUT2D eigenvalue weighted by atomic mass is 79.9. The smallest absolute Gasteiger partial charge is 0.00852 e. The summed E-state index contributed by atoms with van der Waals surface area (Å²) in [4.78, 5) is 0. The third-order valence-corrected chi connectivity index (χ3v) is 4.62. The molecule has 15 heavy (non-hydrogen) atoms. The lowest BCUT2D eigenvalue weighted by atomic mass is 9.84. The van der Waals surface area contributed by atoms with Gasteiger partial charge in [-0.3, -0.25) is 0 Å². The zero-order valence-corrected chi connectivity index (χ0v) is 11.4. The lowest BCUT2D eigenvalue weighted by Crippen LogP contribution is -2.17. The standard InChI is InChI=1S/C14H21Br/c1-3-14(2,12-15)11-7-10-13-8-5-4-6-9-13/h4-6,8-9H,3,7,10-12H2,1-2H3. The van der Waals surface area contributed by atoms with Crippen LogP contribution in [0.2, 0.25) is 0 Å². The number of alkyl halides is 1. The Morgan fingerprint density at radius 3 is 2.40 bits per heavy atom. The second-order valence-electron chi connectivity index (χ2n) is 4.64. The molecule has 0 spiro atoms. The van der Waals surface area contributed by atoms with Crippen molar-refractivity contribution in [3.8, 4) is 0 Å². The molecule has 0 N–H and O–H groups in total. The summed E-state index contributed by atoms with van der Waals surface area (Å²) in [6.45, 7) is 4.65. The molecule has 0 bridgehead atoms. The van der Waals surface area contributed by atoms with Crippen LogP contribution in [0.25, 0.3) is 0 Å². The van der Waals surface area contributed by atoms with Crippen LogP contribution in [-0.4, -0.2) is 5.33 Å². The van der Waals surface area contributed by atoms with E-state index in [0.29, 0.717) is 5.41 Å². The largest absolute Gasteiger partial charge is 0.0922 e.